The molecule has 0 radical (unpaired) electrons. The molecule has 1 amide bonds. The maximum Gasteiger partial charge on any atom is 0.250 e. The van der Waals surface area contributed by atoms with Gasteiger partial charge < -0.3 is 15.0 Å². The Balaban J connectivity index is 1.98. The molecule has 1 aliphatic heterocycles. The molecule has 1 unspecified atom stereocenters. The number of pyridine rings is 1. The molecule has 0 bridgehead atoms. The van der Waals surface area contributed by atoms with Crippen molar-refractivity contribution in [2.24, 2.45) is 0 Å². The highest BCUT2D eigenvalue weighted by atomic mass is 16.5. The molecule has 21 heavy (non-hydrogen) atoms. The molecule has 1 fully saturated rings. The zero-order chi connectivity index (χ0) is 14.8. The van der Waals surface area contributed by atoms with Crippen LogP contribution in [0.3, 0.4) is 0 Å². The Kier molecular flexibility index (Phi) is 3.66. The van der Waals surface area contributed by atoms with Gasteiger partial charge in [-0.3, -0.25) is 9.78 Å². The van der Waals surface area contributed by atoms with Crippen LogP contribution < -0.4 is 10.2 Å². The van der Waals surface area contributed by atoms with Gasteiger partial charge in [0.05, 0.1) is 24.9 Å². The van der Waals surface area contributed by atoms with E-state index in [-0.39, 0.29) is 5.91 Å². The van der Waals surface area contributed by atoms with Crippen molar-refractivity contribution in [2.45, 2.75) is 13.0 Å². The van der Waals surface area contributed by atoms with Crippen LogP contribution in [0.4, 0.5) is 5.82 Å². The Bertz CT molecular complexity index is 675. The Morgan fingerprint density at radius 1 is 1.48 bits per heavy atom. The minimum Gasteiger partial charge on any atom is -0.365 e. The predicted octanol–water partition coefficient (Wildman–Crippen LogP) is 0.284. The standard InChI is InChI=1S/C14H17N5O2/c1-9-17-11-7-16-4-3-10(11)13(18-9)19-5-6-21-12(8-19)14(20)15-2/h3-4,7,12H,5-6,8H2,1-2H3,(H,15,20). The van der Waals surface area contributed by atoms with Gasteiger partial charge in [0.25, 0.3) is 5.91 Å². The Morgan fingerprint density at radius 2 is 2.33 bits per heavy atom. The topological polar surface area (TPSA) is 80.2 Å². The number of aromatic nitrogens is 3. The van der Waals surface area contributed by atoms with Gasteiger partial charge >= 0.3 is 0 Å². The van der Waals surface area contributed by atoms with Gasteiger partial charge in [0.2, 0.25) is 0 Å². The minimum atomic E-state index is -0.476. The van der Waals surface area contributed by atoms with Crippen molar-refractivity contribution < 1.29 is 9.53 Å². The first-order valence-electron chi connectivity index (χ1n) is 6.85. The van der Waals surface area contributed by atoms with E-state index in [0.717, 1.165) is 16.7 Å². The number of fused-ring (bicyclic) bond motifs is 1. The van der Waals surface area contributed by atoms with Gasteiger partial charge in [0.1, 0.15) is 11.6 Å². The Hall–Kier alpha value is -2.28. The van der Waals surface area contributed by atoms with Gasteiger partial charge in [-0.15, -0.1) is 0 Å². The Morgan fingerprint density at radius 3 is 3.14 bits per heavy atom. The lowest BCUT2D eigenvalue weighted by Gasteiger charge is -2.33. The number of aryl methyl sites for hydroxylation is 1. The van der Waals surface area contributed by atoms with E-state index in [0.29, 0.717) is 25.5 Å². The van der Waals surface area contributed by atoms with E-state index < -0.39 is 6.10 Å². The van der Waals surface area contributed by atoms with E-state index in [4.69, 9.17) is 4.74 Å². The summed E-state index contributed by atoms with van der Waals surface area (Å²) in [7, 11) is 1.61. The Labute approximate surface area is 122 Å². The third kappa shape index (κ3) is 2.64. The van der Waals surface area contributed by atoms with Crippen LogP contribution in [-0.4, -0.2) is 53.7 Å². The number of morpholine rings is 1. The number of ether oxygens (including phenoxy) is 1. The number of anilines is 1. The first kappa shape index (κ1) is 13.7. The van der Waals surface area contributed by atoms with Crippen molar-refractivity contribution in [1.82, 2.24) is 20.3 Å². The van der Waals surface area contributed by atoms with Crippen molar-refractivity contribution >= 4 is 22.6 Å². The monoisotopic (exact) mass is 287 g/mol. The molecule has 3 heterocycles. The van der Waals surface area contributed by atoms with Crippen LogP contribution in [-0.2, 0) is 9.53 Å². The number of hydrogen-bond acceptors (Lipinski definition) is 6. The second-order valence-corrected chi connectivity index (χ2v) is 4.91. The van der Waals surface area contributed by atoms with Crippen LogP contribution in [0.25, 0.3) is 10.9 Å². The van der Waals surface area contributed by atoms with Crippen LogP contribution >= 0.6 is 0 Å². The van der Waals surface area contributed by atoms with Crippen molar-refractivity contribution in [1.29, 1.82) is 0 Å². The molecule has 7 heteroatoms. The smallest absolute Gasteiger partial charge is 0.250 e. The fourth-order valence-corrected chi connectivity index (χ4v) is 2.48. The van der Waals surface area contributed by atoms with E-state index in [1.165, 1.54) is 0 Å². The molecule has 110 valence electrons. The fraction of sp³-hybridized carbons (Fsp3) is 0.429. The summed E-state index contributed by atoms with van der Waals surface area (Å²) >= 11 is 0. The first-order chi connectivity index (χ1) is 10.2. The average Bonchev–Trinajstić information content (AvgIpc) is 2.53. The van der Waals surface area contributed by atoms with E-state index in [2.05, 4.69) is 25.2 Å². The van der Waals surface area contributed by atoms with Crippen molar-refractivity contribution in [3.63, 3.8) is 0 Å². The number of amides is 1. The molecule has 0 aliphatic carbocycles. The third-order valence-corrected chi connectivity index (χ3v) is 3.50. The lowest BCUT2D eigenvalue weighted by atomic mass is 10.2. The van der Waals surface area contributed by atoms with E-state index in [9.17, 15) is 4.79 Å². The lowest BCUT2D eigenvalue weighted by Crippen LogP contribution is -2.49. The summed E-state index contributed by atoms with van der Waals surface area (Å²) in [6.45, 7) is 3.52. The van der Waals surface area contributed by atoms with Crippen LogP contribution in [0.15, 0.2) is 18.5 Å². The summed E-state index contributed by atoms with van der Waals surface area (Å²) in [5.74, 6) is 1.40. The number of hydrogen-bond donors (Lipinski definition) is 1. The summed E-state index contributed by atoms with van der Waals surface area (Å²) in [4.78, 5) is 26.9. The molecule has 0 spiro atoms. The molecule has 1 aliphatic rings. The second kappa shape index (κ2) is 5.61. The van der Waals surface area contributed by atoms with Crippen LogP contribution in [0.5, 0.6) is 0 Å². The SMILES string of the molecule is CNC(=O)C1CN(c2nc(C)nc3cnccc23)CCO1. The summed E-state index contributed by atoms with van der Waals surface area (Å²) < 4.78 is 5.52. The van der Waals surface area contributed by atoms with Crippen molar-refractivity contribution in [2.75, 3.05) is 31.6 Å². The number of nitrogens with zero attached hydrogens (tertiary/aromatic N) is 4. The number of rotatable bonds is 2. The maximum absolute atomic E-state index is 11.8. The molecule has 0 aromatic carbocycles. The largest absolute Gasteiger partial charge is 0.365 e. The van der Waals surface area contributed by atoms with Gasteiger partial charge in [-0.05, 0) is 13.0 Å². The summed E-state index contributed by atoms with van der Waals surface area (Å²) in [5.41, 5.74) is 0.808. The van der Waals surface area contributed by atoms with Crippen LogP contribution in [0, 0.1) is 6.92 Å². The van der Waals surface area contributed by atoms with Gasteiger partial charge in [0, 0.05) is 25.2 Å². The molecule has 1 saturated heterocycles. The van der Waals surface area contributed by atoms with Gasteiger partial charge in [0.15, 0.2) is 6.10 Å². The normalized spacial score (nSPS) is 18.8. The number of carbonyl (C=O) groups is 1. The summed E-state index contributed by atoms with van der Waals surface area (Å²) in [6, 6.07) is 1.90. The predicted molar refractivity (Wildman–Crippen MR) is 78.1 cm³/mol. The number of nitrogens with one attached hydrogen (secondary N) is 1. The highest BCUT2D eigenvalue weighted by Gasteiger charge is 2.27. The quantitative estimate of drug-likeness (QED) is 0.855. The summed E-state index contributed by atoms with van der Waals surface area (Å²) in [6.07, 6.45) is 2.97. The first-order valence-corrected chi connectivity index (χ1v) is 6.85. The van der Waals surface area contributed by atoms with Crippen molar-refractivity contribution in [3.05, 3.63) is 24.3 Å². The van der Waals surface area contributed by atoms with Crippen molar-refractivity contribution in [3.8, 4) is 0 Å². The maximum atomic E-state index is 11.8. The lowest BCUT2D eigenvalue weighted by molar-refractivity contribution is -0.132. The zero-order valence-corrected chi connectivity index (χ0v) is 12.0. The molecule has 1 N–H and O–H groups in total. The molecule has 1 atom stereocenters. The second-order valence-electron chi connectivity index (χ2n) is 4.91. The molecule has 0 saturated carbocycles. The van der Waals surface area contributed by atoms with E-state index in [1.54, 1.807) is 19.4 Å². The van der Waals surface area contributed by atoms with Crippen LogP contribution in [0.2, 0.25) is 0 Å². The molecule has 2 aromatic rings. The van der Waals surface area contributed by atoms with Crippen LogP contribution in [0.1, 0.15) is 5.82 Å². The molecule has 3 rings (SSSR count). The fourth-order valence-electron chi connectivity index (χ4n) is 2.48. The zero-order valence-electron chi connectivity index (χ0n) is 12.0. The summed E-state index contributed by atoms with van der Waals surface area (Å²) in [5, 5.41) is 3.56. The van der Waals surface area contributed by atoms with Gasteiger partial charge in [-0.2, -0.15) is 0 Å². The molecular weight excluding hydrogens is 270 g/mol. The number of likely N-dealkylation sites (N-methyl/N-ethyl adjacent to an activating group) is 1. The number of carbonyl (C=O) groups excluding carboxylic acids is 1. The van der Waals surface area contributed by atoms with E-state index >= 15 is 0 Å². The minimum absolute atomic E-state index is 0.114. The average molecular weight is 287 g/mol. The van der Waals surface area contributed by atoms with E-state index in [1.807, 2.05) is 13.0 Å². The van der Waals surface area contributed by atoms with Gasteiger partial charge in [-0.1, -0.05) is 0 Å². The van der Waals surface area contributed by atoms with Gasteiger partial charge in [-0.25, -0.2) is 9.97 Å². The molecule has 2 aromatic heterocycles. The highest BCUT2D eigenvalue weighted by molar-refractivity contribution is 5.89. The molecular formula is C14H17N5O2. The molecule has 7 nitrogen and oxygen atoms in total. The highest BCUT2D eigenvalue weighted by Crippen LogP contribution is 2.24. The third-order valence-electron chi connectivity index (χ3n) is 3.50.